The summed E-state index contributed by atoms with van der Waals surface area (Å²) in [5, 5.41) is 13.7. The number of benzene rings is 2. The Morgan fingerprint density at radius 1 is 1.08 bits per heavy atom. The van der Waals surface area contributed by atoms with Gasteiger partial charge in [-0.05, 0) is 66.5 Å². The Morgan fingerprint density at radius 3 is 2.69 bits per heavy atom. The summed E-state index contributed by atoms with van der Waals surface area (Å²) in [6.45, 7) is 2.03. The molecule has 1 aliphatic heterocycles. The van der Waals surface area contributed by atoms with Gasteiger partial charge in [-0.1, -0.05) is 42.0 Å². The van der Waals surface area contributed by atoms with E-state index in [4.69, 9.17) is 9.15 Å². The van der Waals surface area contributed by atoms with Gasteiger partial charge in [0.15, 0.2) is 11.8 Å². The number of amides is 2. The molecule has 2 amide bonds. The summed E-state index contributed by atoms with van der Waals surface area (Å²) in [6, 6.07) is 22.2. The number of amidine groups is 1. The summed E-state index contributed by atoms with van der Waals surface area (Å²) in [4.78, 5) is 28.8. The van der Waals surface area contributed by atoms with Crippen molar-refractivity contribution in [1.29, 1.82) is 0 Å². The van der Waals surface area contributed by atoms with Crippen LogP contribution in [-0.4, -0.2) is 34.7 Å². The van der Waals surface area contributed by atoms with Gasteiger partial charge in [-0.15, -0.1) is 16.4 Å². The molecule has 8 nitrogen and oxygen atoms in total. The third kappa shape index (κ3) is 6.92. The Hall–Kier alpha value is -4.41. The maximum atomic E-state index is 13.4. The summed E-state index contributed by atoms with van der Waals surface area (Å²) in [6.07, 6.45) is 4.95. The minimum Gasteiger partial charge on any atom is -0.483 e. The molecule has 0 spiro atoms. The van der Waals surface area contributed by atoms with Gasteiger partial charge in [-0.25, -0.2) is 0 Å². The quantitative estimate of drug-likeness (QED) is 0.151. The maximum absolute atomic E-state index is 13.4. The van der Waals surface area contributed by atoms with E-state index in [0.29, 0.717) is 32.8 Å². The fraction of sp³-hybridized carbons (Fsp3) is 0.103. The van der Waals surface area contributed by atoms with E-state index in [0.717, 1.165) is 10.4 Å². The van der Waals surface area contributed by atoms with Crippen molar-refractivity contribution in [2.75, 3.05) is 11.9 Å². The highest BCUT2D eigenvalue weighted by Gasteiger charge is 2.34. The zero-order valence-electron chi connectivity index (χ0n) is 20.9. The lowest BCUT2D eigenvalue weighted by Gasteiger charge is -2.12. The highest BCUT2D eigenvalue weighted by molar-refractivity contribution is 8.18. The molecule has 0 unspecified atom stereocenters. The van der Waals surface area contributed by atoms with E-state index in [-0.39, 0.29) is 25.0 Å². The Bertz CT molecular complexity index is 1530. The lowest BCUT2D eigenvalue weighted by Crippen LogP contribution is -2.28. The molecule has 1 N–H and O–H groups in total. The number of nitrogens with zero attached hydrogens (tertiary/aromatic N) is 3. The average Bonchev–Trinajstić information content (AvgIpc) is 3.70. The molecule has 39 heavy (non-hydrogen) atoms. The number of hydrogen-bond acceptors (Lipinski definition) is 8. The first-order valence-electron chi connectivity index (χ1n) is 12.0. The summed E-state index contributed by atoms with van der Waals surface area (Å²) in [5.41, 5.74) is 2.47. The van der Waals surface area contributed by atoms with Crippen molar-refractivity contribution < 1.29 is 18.7 Å². The Kier molecular flexibility index (Phi) is 8.35. The van der Waals surface area contributed by atoms with Crippen LogP contribution in [-0.2, 0) is 16.1 Å². The van der Waals surface area contributed by atoms with Crippen LogP contribution in [0.15, 0.2) is 104 Å². The molecule has 1 fully saturated rings. The van der Waals surface area contributed by atoms with Gasteiger partial charge in [0.25, 0.3) is 11.8 Å². The first-order chi connectivity index (χ1) is 19.0. The van der Waals surface area contributed by atoms with Gasteiger partial charge in [-0.2, -0.15) is 5.10 Å². The molecule has 0 radical (unpaired) electrons. The molecule has 1 saturated heterocycles. The smallest absolute Gasteiger partial charge is 0.267 e. The second kappa shape index (κ2) is 12.4. The van der Waals surface area contributed by atoms with Crippen LogP contribution < -0.4 is 10.1 Å². The summed E-state index contributed by atoms with van der Waals surface area (Å²) < 4.78 is 11.3. The van der Waals surface area contributed by atoms with Gasteiger partial charge in [0.1, 0.15) is 11.5 Å². The van der Waals surface area contributed by atoms with Gasteiger partial charge in [0.2, 0.25) is 0 Å². The Balaban J connectivity index is 1.33. The number of para-hydroxylation sites is 1. The van der Waals surface area contributed by atoms with Gasteiger partial charge >= 0.3 is 0 Å². The number of anilines is 1. The topological polar surface area (TPSA) is 96.5 Å². The van der Waals surface area contributed by atoms with E-state index in [9.17, 15) is 9.59 Å². The molecule has 3 heterocycles. The number of nitrogens with one attached hydrogen (secondary N) is 1. The standard InChI is InChI=1S/C29H24N4O4S2/c1-20-10-12-22(13-11-20)31-27(34)19-37-25-9-3-2-6-21(25)16-26-28(35)33(18-23-7-4-14-36-23)29(39-26)32-30-17-24-8-5-15-38-24/h2-17H,18-19H2,1H3,(H,31,34)/b26-16-,30-17-,32-29+. The fourth-order valence-electron chi connectivity index (χ4n) is 3.63. The minimum absolute atomic E-state index is 0.177. The van der Waals surface area contributed by atoms with Gasteiger partial charge in [0, 0.05) is 16.1 Å². The van der Waals surface area contributed by atoms with Crippen molar-refractivity contribution in [3.63, 3.8) is 0 Å². The van der Waals surface area contributed by atoms with E-state index in [2.05, 4.69) is 15.5 Å². The number of carbonyl (C=O) groups excluding carboxylic acids is 2. The van der Waals surface area contributed by atoms with E-state index >= 15 is 0 Å². The van der Waals surface area contributed by atoms with E-state index in [1.165, 1.54) is 16.7 Å². The average molecular weight is 557 g/mol. The van der Waals surface area contributed by atoms with Crippen LogP contribution in [0.3, 0.4) is 0 Å². The number of thiophene rings is 1. The molecule has 5 rings (SSSR count). The molecule has 4 aromatic rings. The van der Waals surface area contributed by atoms with Crippen molar-refractivity contribution >= 4 is 58.1 Å². The SMILES string of the molecule is Cc1ccc(NC(=O)COc2ccccc2/C=C2\S/C(=N/N=C\c3cccs3)N(Cc3ccco3)C2=O)cc1. The number of aryl methyl sites for hydroxylation is 1. The van der Waals surface area contributed by atoms with Crippen LogP contribution >= 0.6 is 23.1 Å². The molecule has 0 aliphatic carbocycles. The lowest BCUT2D eigenvalue weighted by molar-refractivity contribution is -0.122. The third-order valence-corrected chi connectivity index (χ3v) is 7.36. The predicted octanol–water partition coefficient (Wildman–Crippen LogP) is 6.17. The first-order valence-corrected chi connectivity index (χ1v) is 13.7. The highest BCUT2D eigenvalue weighted by atomic mass is 32.2. The molecular formula is C29H24N4O4S2. The molecule has 0 bridgehead atoms. The Labute approximate surface area is 233 Å². The van der Waals surface area contributed by atoms with Crippen LogP contribution in [0, 0.1) is 6.92 Å². The monoisotopic (exact) mass is 556 g/mol. The largest absolute Gasteiger partial charge is 0.483 e. The third-order valence-electron chi connectivity index (χ3n) is 5.55. The fourth-order valence-corrected chi connectivity index (χ4v) is 5.14. The molecule has 1 aliphatic rings. The summed E-state index contributed by atoms with van der Waals surface area (Å²) in [7, 11) is 0. The molecular weight excluding hydrogens is 532 g/mol. The van der Waals surface area contributed by atoms with Crippen LogP contribution in [0.2, 0.25) is 0 Å². The maximum Gasteiger partial charge on any atom is 0.267 e. The number of carbonyl (C=O) groups is 2. The van der Waals surface area contributed by atoms with Crippen LogP contribution in [0.4, 0.5) is 5.69 Å². The number of thioether (sulfide) groups is 1. The molecule has 0 atom stereocenters. The number of rotatable bonds is 9. The van der Waals surface area contributed by atoms with Crippen LogP contribution in [0.5, 0.6) is 5.75 Å². The molecule has 10 heteroatoms. The normalized spacial score (nSPS) is 15.5. The number of furan rings is 1. The van der Waals surface area contributed by atoms with E-state index in [1.807, 2.05) is 66.9 Å². The van der Waals surface area contributed by atoms with E-state index < -0.39 is 0 Å². The molecule has 2 aromatic heterocycles. The van der Waals surface area contributed by atoms with Gasteiger partial charge in [0.05, 0.1) is 23.9 Å². The predicted molar refractivity (Wildman–Crippen MR) is 156 cm³/mol. The van der Waals surface area contributed by atoms with Crippen LogP contribution in [0.25, 0.3) is 6.08 Å². The minimum atomic E-state index is -0.282. The van der Waals surface area contributed by atoms with Crippen molar-refractivity contribution in [2.24, 2.45) is 10.2 Å². The molecule has 196 valence electrons. The van der Waals surface area contributed by atoms with Crippen molar-refractivity contribution in [1.82, 2.24) is 4.90 Å². The highest BCUT2D eigenvalue weighted by Crippen LogP contribution is 2.35. The molecule has 2 aromatic carbocycles. The second-order valence-electron chi connectivity index (χ2n) is 8.46. The van der Waals surface area contributed by atoms with E-state index in [1.54, 1.807) is 48.1 Å². The Morgan fingerprint density at radius 2 is 1.92 bits per heavy atom. The second-order valence-corrected chi connectivity index (χ2v) is 10.5. The number of hydrogen-bond donors (Lipinski definition) is 1. The molecule has 0 saturated carbocycles. The first kappa shape index (κ1) is 26.2. The zero-order valence-corrected chi connectivity index (χ0v) is 22.6. The summed E-state index contributed by atoms with van der Waals surface area (Å²) >= 11 is 2.76. The van der Waals surface area contributed by atoms with Gasteiger partial charge in [-0.3, -0.25) is 14.5 Å². The van der Waals surface area contributed by atoms with Gasteiger partial charge < -0.3 is 14.5 Å². The lowest BCUT2D eigenvalue weighted by atomic mass is 10.2. The van der Waals surface area contributed by atoms with Crippen LogP contribution in [0.1, 0.15) is 21.8 Å². The number of ether oxygens (including phenoxy) is 1. The summed E-state index contributed by atoms with van der Waals surface area (Å²) in [5.74, 6) is 0.600. The van der Waals surface area contributed by atoms with Crippen molar-refractivity contribution in [3.8, 4) is 5.75 Å². The zero-order chi connectivity index (χ0) is 27.0. The van der Waals surface area contributed by atoms with Crippen molar-refractivity contribution in [2.45, 2.75) is 13.5 Å². The van der Waals surface area contributed by atoms with Crippen molar-refractivity contribution in [3.05, 3.63) is 111 Å².